The van der Waals surface area contributed by atoms with Crippen LogP contribution in [0, 0.1) is 0 Å². The molecule has 7 heteroatoms. The van der Waals surface area contributed by atoms with E-state index in [-0.39, 0.29) is 24.4 Å². The number of hydrogen-bond acceptors (Lipinski definition) is 4. The van der Waals surface area contributed by atoms with Gasteiger partial charge in [-0.05, 0) is 36.5 Å². The van der Waals surface area contributed by atoms with Crippen LogP contribution in [0.3, 0.4) is 0 Å². The highest BCUT2D eigenvalue weighted by molar-refractivity contribution is 7.99. The maximum Gasteiger partial charge on any atom is 0.371 e. The van der Waals surface area contributed by atoms with Crippen LogP contribution in [-0.2, 0) is 6.54 Å². The van der Waals surface area contributed by atoms with Gasteiger partial charge in [0.1, 0.15) is 5.76 Å². The molecular weight excluding hydrogens is 268 g/mol. The van der Waals surface area contributed by atoms with Gasteiger partial charge in [0.2, 0.25) is 5.76 Å². The molecule has 19 heavy (non-hydrogen) atoms. The Morgan fingerprint density at radius 2 is 2.11 bits per heavy atom. The van der Waals surface area contributed by atoms with Crippen molar-refractivity contribution in [1.82, 2.24) is 10.6 Å². The Morgan fingerprint density at radius 1 is 1.37 bits per heavy atom. The summed E-state index contributed by atoms with van der Waals surface area (Å²) in [5, 5.41) is 14.2. The predicted octanol–water partition coefficient (Wildman–Crippen LogP) is 1.67. The quantitative estimate of drug-likeness (QED) is 0.782. The van der Waals surface area contributed by atoms with Gasteiger partial charge in [0.25, 0.3) is 0 Å². The van der Waals surface area contributed by atoms with Crippen molar-refractivity contribution in [3.05, 3.63) is 23.7 Å². The van der Waals surface area contributed by atoms with Gasteiger partial charge in [-0.1, -0.05) is 0 Å². The molecule has 1 aromatic heterocycles. The van der Waals surface area contributed by atoms with E-state index in [9.17, 15) is 9.59 Å². The van der Waals surface area contributed by atoms with Gasteiger partial charge in [-0.25, -0.2) is 9.59 Å². The van der Waals surface area contributed by atoms with Gasteiger partial charge in [-0.15, -0.1) is 0 Å². The number of hydrogen-bond donors (Lipinski definition) is 3. The second-order valence-electron chi connectivity index (χ2n) is 4.28. The lowest BCUT2D eigenvalue weighted by atomic mass is 10.2. The van der Waals surface area contributed by atoms with Gasteiger partial charge in [-0.2, -0.15) is 11.8 Å². The average molecular weight is 284 g/mol. The molecule has 6 nitrogen and oxygen atoms in total. The van der Waals surface area contributed by atoms with E-state index in [1.54, 1.807) is 6.07 Å². The highest BCUT2D eigenvalue weighted by atomic mass is 32.2. The number of nitrogens with one attached hydrogen (secondary N) is 2. The van der Waals surface area contributed by atoms with Crippen molar-refractivity contribution in [2.45, 2.75) is 25.4 Å². The monoisotopic (exact) mass is 284 g/mol. The Balaban J connectivity index is 1.74. The van der Waals surface area contributed by atoms with Crippen molar-refractivity contribution in [1.29, 1.82) is 0 Å². The Bertz CT molecular complexity index is 454. The SMILES string of the molecule is O=C(NCc1ccc(C(=O)O)o1)NC1CCSCC1. The minimum Gasteiger partial charge on any atom is -0.475 e. The molecule has 0 spiro atoms. The smallest absolute Gasteiger partial charge is 0.371 e. The molecule has 0 aliphatic carbocycles. The third-order valence-electron chi connectivity index (χ3n) is 2.85. The zero-order valence-electron chi connectivity index (χ0n) is 10.3. The van der Waals surface area contributed by atoms with E-state index in [4.69, 9.17) is 9.52 Å². The first-order valence-electron chi connectivity index (χ1n) is 6.09. The van der Waals surface area contributed by atoms with Crippen LogP contribution in [0.5, 0.6) is 0 Å². The number of amides is 2. The summed E-state index contributed by atoms with van der Waals surface area (Å²) in [7, 11) is 0. The van der Waals surface area contributed by atoms with Crippen LogP contribution in [0.4, 0.5) is 4.79 Å². The fourth-order valence-corrected chi connectivity index (χ4v) is 2.94. The minimum absolute atomic E-state index is 0.124. The summed E-state index contributed by atoms with van der Waals surface area (Å²) in [6.45, 7) is 0.181. The number of carbonyl (C=O) groups excluding carboxylic acids is 1. The largest absolute Gasteiger partial charge is 0.475 e. The molecule has 2 amide bonds. The lowest BCUT2D eigenvalue weighted by Gasteiger charge is -2.22. The molecule has 1 aliphatic rings. The van der Waals surface area contributed by atoms with Crippen LogP contribution < -0.4 is 10.6 Å². The Labute approximate surface area is 114 Å². The fourth-order valence-electron chi connectivity index (χ4n) is 1.83. The summed E-state index contributed by atoms with van der Waals surface area (Å²) in [5.41, 5.74) is 0. The van der Waals surface area contributed by atoms with Gasteiger partial charge in [0.05, 0.1) is 6.54 Å². The predicted molar refractivity (Wildman–Crippen MR) is 71.4 cm³/mol. The first-order valence-corrected chi connectivity index (χ1v) is 7.25. The van der Waals surface area contributed by atoms with E-state index < -0.39 is 5.97 Å². The van der Waals surface area contributed by atoms with Crippen LogP contribution >= 0.6 is 11.8 Å². The standard InChI is InChI=1S/C12H16N2O4S/c15-11(16)10-2-1-9(18-10)7-13-12(17)14-8-3-5-19-6-4-8/h1-2,8H,3-7H2,(H,15,16)(H2,13,14,17). The molecule has 2 heterocycles. The number of carboxylic acids is 1. The zero-order chi connectivity index (χ0) is 13.7. The van der Waals surface area contributed by atoms with Crippen molar-refractivity contribution >= 4 is 23.8 Å². The molecule has 1 aliphatic heterocycles. The maximum atomic E-state index is 11.6. The Kier molecular flexibility index (Phi) is 4.73. The maximum absolute atomic E-state index is 11.6. The number of carbonyl (C=O) groups is 2. The molecule has 0 aromatic carbocycles. The molecular formula is C12H16N2O4S. The zero-order valence-corrected chi connectivity index (χ0v) is 11.2. The molecule has 0 bridgehead atoms. The van der Waals surface area contributed by atoms with E-state index >= 15 is 0 Å². The third kappa shape index (κ3) is 4.20. The average Bonchev–Trinajstić information content (AvgIpc) is 2.86. The van der Waals surface area contributed by atoms with Crippen molar-refractivity contribution < 1.29 is 19.1 Å². The molecule has 0 unspecified atom stereocenters. The number of thioether (sulfide) groups is 1. The van der Waals surface area contributed by atoms with Crippen LogP contribution in [0.15, 0.2) is 16.5 Å². The van der Waals surface area contributed by atoms with E-state index in [1.165, 1.54) is 6.07 Å². The van der Waals surface area contributed by atoms with E-state index in [2.05, 4.69) is 10.6 Å². The Morgan fingerprint density at radius 3 is 2.74 bits per heavy atom. The number of carboxylic acid groups (broad SMARTS) is 1. The summed E-state index contributed by atoms with van der Waals surface area (Å²) < 4.78 is 5.04. The second kappa shape index (κ2) is 6.51. The highest BCUT2D eigenvalue weighted by Crippen LogP contribution is 2.16. The van der Waals surface area contributed by atoms with Crippen LogP contribution in [0.2, 0.25) is 0 Å². The van der Waals surface area contributed by atoms with Crippen LogP contribution in [0.1, 0.15) is 29.2 Å². The van der Waals surface area contributed by atoms with Gasteiger partial charge in [-0.3, -0.25) is 0 Å². The first kappa shape index (κ1) is 13.8. The normalized spacial score (nSPS) is 16.0. The molecule has 1 saturated heterocycles. The molecule has 1 aromatic rings. The van der Waals surface area contributed by atoms with E-state index in [0.29, 0.717) is 5.76 Å². The molecule has 0 saturated carbocycles. The molecule has 1 fully saturated rings. The molecule has 0 atom stereocenters. The molecule has 3 N–H and O–H groups in total. The van der Waals surface area contributed by atoms with E-state index in [1.807, 2.05) is 11.8 Å². The van der Waals surface area contributed by atoms with E-state index in [0.717, 1.165) is 24.3 Å². The van der Waals surface area contributed by atoms with Crippen LogP contribution in [-0.4, -0.2) is 34.7 Å². The fraction of sp³-hybridized carbons (Fsp3) is 0.500. The van der Waals surface area contributed by atoms with Crippen molar-refractivity contribution in [2.75, 3.05) is 11.5 Å². The third-order valence-corrected chi connectivity index (χ3v) is 3.90. The molecule has 104 valence electrons. The number of urea groups is 1. The van der Waals surface area contributed by atoms with Gasteiger partial charge >= 0.3 is 12.0 Å². The molecule has 2 rings (SSSR count). The minimum atomic E-state index is -1.12. The summed E-state index contributed by atoms with van der Waals surface area (Å²) in [4.78, 5) is 22.3. The van der Waals surface area contributed by atoms with Gasteiger partial charge < -0.3 is 20.2 Å². The van der Waals surface area contributed by atoms with Crippen molar-refractivity contribution in [3.8, 4) is 0 Å². The summed E-state index contributed by atoms with van der Waals surface area (Å²) in [6.07, 6.45) is 1.98. The summed E-state index contributed by atoms with van der Waals surface area (Å²) >= 11 is 1.90. The first-order chi connectivity index (χ1) is 9.15. The topological polar surface area (TPSA) is 91.6 Å². The van der Waals surface area contributed by atoms with Crippen molar-refractivity contribution in [2.24, 2.45) is 0 Å². The van der Waals surface area contributed by atoms with Crippen LogP contribution in [0.25, 0.3) is 0 Å². The highest BCUT2D eigenvalue weighted by Gasteiger charge is 2.16. The lowest BCUT2D eigenvalue weighted by molar-refractivity contribution is 0.0660. The Hall–Kier alpha value is -1.63. The van der Waals surface area contributed by atoms with Crippen molar-refractivity contribution in [3.63, 3.8) is 0 Å². The number of furan rings is 1. The van der Waals surface area contributed by atoms with Gasteiger partial charge in [0, 0.05) is 6.04 Å². The number of rotatable bonds is 4. The van der Waals surface area contributed by atoms with Gasteiger partial charge in [0.15, 0.2) is 0 Å². The number of aromatic carboxylic acids is 1. The summed E-state index contributed by atoms with van der Waals surface area (Å²) in [6, 6.07) is 2.90. The summed E-state index contributed by atoms with van der Waals surface area (Å²) in [5.74, 6) is 1.33. The second-order valence-corrected chi connectivity index (χ2v) is 5.51. The molecule has 0 radical (unpaired) electrons. The lowest BCUT2D eigenvalue weighted by Crippen LogP contribution is -2.43.